The molecule has 7 rings (SSSR count). The second kappa shape index (κ2) is 47.4. The van der Waals surface area contributed by atoms with Gasteiger partial charge in [0.2, 0.25) is 5.91 Å². The zero-order valence-corrected chi connectivity index (χ0v) is 55.8. The number of nitriles is 1. The summed E-state index contributed by atoms with van der Waals surface area (Å²) in [5, 5.41) is 30.8. The third-order valence-electron chi connectivity index (χ3n) is 12.9. The van der Waals surface area contributed by atoms with Gasteiger partial charge < -0.3 is 48.5 Å². The molecule has 0 aliphatic heterocycles. The maximum Gasteiger partial charge on any atom is 1.00 e. The number of hydrogen-bond donors (Lipinski definition) is 3. The van der Waals surface area contributed by atoms with Crippen molar-refractivity contribution in [2.24, 2.45) is 23.5 Å². The Morgan fingerprint density at radius 2 is 1.19 bits per heavy atom. The zero-order chi connectivity index (χ0) is 46.0. The average molecular weight is 1220 g/mol. The van der Waals surface area contributed by atoms with E-state index in [-0.39, 0.29) is 183 Å². The number of hydrogen-bond acceptors (Lipinski definition) is 8. The molecule has 4 fully saturated rings. The van der Waals surface area contributed by atoms with Gasteiger partial charge in [-0.1, -0.05) is 126 Å². The average Bonchev–Trinajstić information content (AvgIpc) is 3.31. The number of aliphatic hydroxyl groups is 2. The monoisotopic (exact) mass is 1220 g/mol. The van der Waals surface area contributed by atoms with Crippen LogP contribution in [0.2, 0.25) is 0 Å². The van der Waals surface area contributed by atoms with E-state index in [1.165, 1.54) is 25.7 Å². The van der Waals surface area contributed by atoms with Gasteiger partial charge >= 0.3 is 51.4 Å². The maximum atomic E-state index is 11.2. The molecule has 10 nitrogen and oxygen atoms in total. The second-order valence-corrected chi connectivity index (χ2v) is 17.1. The third-order valence-corrected chi connectivity index (χ3v) is 12.9. The Labute approximate surface area is 543 Å². The van der Waals surface area contributed by atoms with E-state index in [2.05, 4.69) is 31.7 Å². The Balaban J connectivity index is -0.000000142. The second-order valence-electron chi connectivity index (χ2n) is 17.1. The number of nitrogens with two attached hydrogens (primary N) is 1. The minimum absolute atomic E-state index is 0. The Kier molecular flexibility index (Phi) is 56.8. The summed E-state index contributed by atoms with van der Waals surface area (Å²) in [6, 6.07) is 24.3. The van der Waals surface area contributed by atoms with Gasteiger partial charge in [-0.05, 0) is 112 Å². The minimum Gasteiger partial charge on any atom is -0.870 e. The summed E-state index contributed by atoms with van der Waals surface area (Å²) in [6.07, 6.45) is 20.9. The van der Waals surface area contributed by atoms with Crippen LogP contribution in [0.3, 0.4) is 0 Å². The van der Waals surface area contributed by atoms with Crippen LogP contribution in [0, 0.1) is 64.9 Å². The van der Waals surface area contributed by atoms with Gasteiger partial charge in [-0.15, -0.1) is 0 Å². The SMILES string of the molecule is C=O.CCC1CCCCC1(O)c1cccc(C#N)c1.CCC1CCCCC1(O)c1cccc(C(N)=O)c1.CCC1CCCCC1=O.O=C1CCCCC1.[C-]#[N+]c1cccc(C)c1.[CH3-].[CH3-].[CH3-].[K+].[OH-].[Y].[Y].[Y]. The Morgan fingerprint density at radius 3 is 1.57 bits per heavy atom. The first-order chi connectivity index (χ1) is 29.8. The first-order valence-corrected chi connectivity index (χ1v) is 23.0. The van der Waals surface area contributed by atoms with E-state index in [1.54, 1.807) is 30.3 Å². The fourth-order valence-electron chi connectivity index (χ4n) is 9.23. The molecule has 5 unspecified atom stereocenters. The Bertz CT molecular complexity index is 1940. The van der Waals surface area contributed by atoms with Crippen LogP contribution in [0.15, 0.2) is 72.8 Å². The van der Waals surface area contributed by atoms with Gasteiger partial charge in [0.15, 0.2) is 5.69 Å². The summed E-state index contributed by atoms with van der Waals surface area (Å²) in [5.74, 6) is 1.54. The van der Waals surface area contributed by atoms with Crippen LogP contribution >= 0.6 is 0 Å². The van der Waals surface area contributed by atoms with E-state index < -0.39 is 17.1 Å². The zero-order valence-electron chi connectivity index (χ0n) is 44.2. The number of carbonyl (C=O) groups excluding carboxylic acids is 4. The molecule has 3 aromatic rings. The summed E-state index contributed by atoms with van der Waals surface area (Å²) in [7, 11) is 0. The minimum atomic E-state index is -0.793. The fourth-order valence-corrected chi connectivity index (χ4v) is 9.23. The molecular formula is C56H83KN3O7Y3-3. The molecule has 377 valence electrons. The molecule has 3 radical (unpaired) electrons. The van der Waals surface area contributed by atoms with Gasteiger partial charge in [0.05, 0.1) is 29.4 Å². The molecule has 5 atom stereocenters. The molecule has 14 heteroatoms. The molecule has 0 saturated heterocycles. The van der Waals surface area contributed by atoms with Crippen molar-refractivity contribution in [3.05, 3.63) is 134 Å². The van der Waals surface area contributed by atoms with E-state index in [0.29, 0.717) is 34.5 Å². The van der Waals surface area contributed by atoms with Gasteiger partial charge in [-0.2, -0.15) is 5.26 Å². The van der Waals surface area contributed by atoms with Crippen LogP contribution in [0.5, 0.6) is 0 Å². The Morgan fingerprint density at radius 1 is 0.714 bits per heavy atom. The summed E-state index contributed by atoms with van der Waals surface area (Å²) in [4.78, 5) is 44.0. The molecule has 0 aromatic heterocycles. The van der Waals surface area contributed by atoms with Crippen LogP contribution in [-0.4, -0.2) is 40.0 Å². The predicted octanol–water partition coefficient (Wildman–Crippen LogP) is 10.1. The molecule has 5 N–H and O–H groups in total. The summed E-state index contributed by atoms with van der Waals surface area (Å²) in [5.41, 5.74) is 8.51. The van der Waals surface area contributed by atoms with Gasteiger partial charge in [0.1, 0.15) is 18.4 Å². The molecule has 4 aliphatic rings. The first-order valence-electron chi connectivity index (χ1n) is 23.0. The maximum absolute atomic E-state index is 11.2. The molecule has 4 aliphatic carbocycles. The van der Waals surface area contributed by atoms with Crippen molar-refractivity contribution in [2.45, 2.75) is 167 Å². The van der Waals surface area contributed by atoms with E-state index in [4.69, 9.17) is 22.4 Å². The largest absolute Gasteiger partial charge is 1.00 e. The van der Waals surface area contributed by atoms with Crippen LogP contribution in [-0.2, 0) is 124 Å². The predicted molar refractivity (Wildman–Crippen MR) is 269 cm³/mol. The molecule has 70 heavy (non-hydrogen) atoms. The summed E-state index contributed by atoms with van der Waals surface area (Å²) < 4.78 is 0. The number of rotatable bonds is 6. The van der Waals surface area contributed by atoms with E-state index >= 15 is 0 Å². The number of amides is 1. The Hall–Kier alpha value is -0.0519. The van der Waals surface area contributed by atoms with Gasteiger partial charge in [0, 0.05) is 129 Å². The van der Waals surface area contributed by atoms with Crippen molar-refractivity contribution in [3.8, 4) is 6.07 Å². The number of Topliss-reactive ketones (excluding diaryl/α,β-unsaturated/α-hetero) is 2. The molecule has 4 saturated carbocycles. The fraction of sp³-hybridized carbons (Fsp3) is 0.518. The third kappa shape index (κ3) is 28.7. The smallest absolute Gasteiger partial charge is 0.870 e. The molecule has 0 spiro atoms. The van der Waals surface area contributed by atoms with Crippen LogP contribution < -0.4 is 57.1 Å². The molecule has 1 amide bonds. The van der Waals surface area contributed by atoms with Gasteiger partial charge in [-0.25, -0.2) is 4.85 Å². The van der Waals surface area contributed by atoms with Gasteiger partial charge in [-0.3, -0.25) is 14.4 Å². The van der Waals surface area contributed by atoms with Crippen LogP contribution in [0.4, 0.5) is 5.69 Å². The van der Waals surface area contributed by atoms with Crippen molar-refractivity contribution >= 4 is 30.0 Å². The van der Waals surface area contributed by atoms with Gasteiger partial charge in [0.25, 0.3) is 0 Å². The van der Waals surface area contributed by atoms with Crippen molar-refractivity contribution in [1.82, 2.24) is 0 Å². The van der Waals surface area contributed by atoms with Crippen molar-refractivity contribution in [3.63, 3.8) is 0 Å². The summed E-state index contributed by atoms with van der Waals surface area (Å²) >= 11 is 0. The number of primary amides is 1. The molecule has 0 heterocycles. The van der Waals surface area contributed by atoms with Crippen LogP contribution in [0.25, 0.3) is 4.85 Å². The number of benzene rings is 3. The van der Waals surface area contributed by atoms with E-state index in [9.17, 15) is 24.6 Å². The number of nitrogens with zero attached hydrogens (tertiary/aromatic N) is 2. The summed E-state index contributed by atoms with van der Waals surface area (Å²) in [6.45, 7) is 17.0. The standard InChI is InChI=1S/C15H21NO2.C15H19NO.C8H7N.C8H14O.C6H10O.CH2O.3CH3.K.H2O.3Y/c1-2-12-7-3-4-9-15(12,18)13-8-5-6-11(10-13)14(16)17;1-2-13-7-3-4-9-15(13,17)14-8-5-6-12(10-14)11-16;1-7-4-3-5-8(6-7)9-2;1-2-7-5-3-4-6-8(7)9;7-6-4-2-1-3-5-6;1-2;;;;;;;;/h5-6,8,10,12,18H,2-4,7,9H2,1H3,(H2,16,17);5-6,8,10,13,17H,2-4,7,9H2,1H3;3-6H,1H3;7H,2-6H2,1H3;1-5H2;1H2;3*1H3;;1H2;;;/q;;;;;;3*-1;+1;;;;/p-1. The normalized spacial score (nSPS) is 21.2. The number of ketones is 2. The molecular weight excluding hydrogens is 1130 g/mol. The van der Waals surface area contributed by atoms with Crippen molar-refractivity contribution < 1.29 is 184 Å². The molecule has 0 bridgehead atoms. The number of aryl methyl sites for hydroxylation is 1. The van der Waals surface area contributed by atoms with E-state index in [0.717, 1.165) is 125 Å². The number of carbonyl (C=O) groups is 4. The van der Waals surface area contributed by atoms with Crippen LogP contribution in [0.1, 0.15) is 182 Å². The van der Waals surface area contributed by atoms with E-state index in [1.807, 2.05) is 56.2 Å². The topological polar surface area (TPSA) is 193 Å². The first kappa shape index (κ1) is 83.9. The van der Waals surface area contributed by atoms with Crippen molar-refractivity contribution in [2.75, 3.05) is 0 Å². The molecule has 3 aromatic carbocycles. The quantitative estimate of drug-likeness (QED) is 0.160. The van der Waals surface area contributed by atoms with Crippen molar-refractivity contribution in [1.29, 1.82) is 5.26 Å².